The smallest absolute Gasteiger partial charge is 0.189 e. The maximum Gasteiger partial charge on any atom is 0.189 e. The topological polar surface area (TPSA) is 74.6 Å². The van der Waals surface area contributed by atoms with Gasteiger partial charge in [0.2, 0.25) is 0 Å². The summed E-state index contributed by atoms with van der Waals surface area (Å²) in [6.07, 6.45) is -0.0576. The fourth-order valence-corrected chi connectivity index (χ4v) is 1.92. The Morgan fingerprint density at radius 1 is 1.00 bits per heavy atom. The summed E-state index contributed by atoms with van der Waals surface area (Å²) in [6.45, 7) is 0. The van der Waals surface area contributed by atoms with E-state index in [1.165, 1.54) is 0 Å². The summed E-state index contributed by atoms with van der Waals surface area (Å²) in [6, 6.07) is 0. The van der Waals surface area contributed by atoms with Crippen molar-refractivity contribution in [3.05, 3.63) is 0 Å². The van der Waals surface area contributed by atoms with Crippen LogP contribution >= 0.6 is 16.1 Å². The first kappa shape index (κ1) is 12.7. The van der Waals surface area contributed by atoms with Gasteiger partial charge in [0, 0.05) is 31.8 Å². The molecule has 0 bridgehead atoms. The summed E-state index contributed by atoms with van der Waals surface area (Å²) >= 11 is 0. The Morgan fingerprint density at radius 3 is 1.33 bits per heavy atom. The molecule has 2 unspecified atom stereocenters. The van der Waals surface area contributed by atoms with E-state index >= 15 is 0 Å². The second-order valence-corrected chi connectivity index (χ2v) is 3.86. The SMILES string of the molecule is O=[PH](O)CC[PH](=O)O.[Zn]. The molecule has 0 amide bonds. The van der Waals surface area contributed by atoms with Crippen molar-refractivity contribution in [2.45, 2.75) is 0 Å². The molecule has 4 nitrogen and oxygen atoms in total. The minimum Gasteiger partial charge on any atom is -0.346 e. The molecule has 2 atom stereocenters. The number of hydrogen-bond donors (Lipinski definition) is 2. The van der Waals surface area contributed by atoms with Crippen molar-refractivity contribution in [1.82, 2.24) is 0 Å². The summed E-state index contributed by atoms with van der Waals surface area (Å²) in [5.41, 5.74) is 0. The zero-order valence-corrected chi connectivity index (χ0v) is 9.80. The monoisotopic (exact) mass is 222 g/mol. The van der Waals surface area contributed by atoms with Crippen molar-refractivity contribution in [3.63, 3.8) is 0 Å². The first-order valence-electron chi connectivity index (χ1n) is 2.06. The Labute approximate surface area is 67.2 Å². The first-order valence-corrected chi connectivity index (χ1v) is 5.19. The van der Waals surface area contributed by atoms with E-state index in [9.17, 15) is 9.13 Å². The third-order valence-corrected chi connectivity index (χ3v) is 2.41. The molecule has 0 aromatic rings. The maximum absolute atomic E-state index is 9.86. The van der Waals surface area contributed by atoms with E-state index in [0.717, 1.165) is 0 Å². The predicted octanol–water partition coefficient (Wildman–Crippen LogP) is -0.0821. The zero-order chi connectivity index (χ0) is 6.57. The van der Waals surface area contributed by atoms with Crippen molar-refractivity contribution in [3.8, 4) is 0 Å². The summed E-state index contributed by atoms with van der Waals surface area (Å²) in [4.78, 5) is 16.2. The van der Waals surface area contributed by atoms with Crippen molar-refractivity contribution < 1.29 is 38.4 Å². The fourth-order valence-electron chi connectivity index (χ4n) is 0.214. The third kappa shape index (κ3) is 12.3. The van der Waals surface area contributed by atoms with Gasteiger partial charge in [-0.1, -0.05) is 0 Å². The molecule has 0 aliphatic rings. The average Bonchev–Trinajstić information content (AvgIpc) is 1.61. The van der Waals surface area contributed by atoms with Crippen LogP contribution in [0.15, 0.2) is 0 Å². The normalized spacial score (nSPS) is 15.8. The largest absolute Gasteiger partial charge is 0.346 e. The Balaban J connectivity index is 0. The maximum atomic E-state index is 9.86. The molecule has 0 rings (SSSR count). The van der Waals surface area contributed by atoms with Crippen LogP contribution in [0, 0.1) is 0 Å². The van der Waals surface area contributed by atoms with Gasteiger partial charge in [0.05, 0.1) is 0 Å². The van der Waals surface area contributed by atoms with Gasteiger partial charge in [0.1, 0.15) is 0 Å². The first-order chi connectivity index (χ1) is 3.63. The molecule has 0 aliphatic carbocycles. The summed E-state index contributed by atoms with van der Waals surface area (Å²) < 4.78 is 19.7. The molecule has 0 heterocycles. The van der Waals surface area contributed by atoms with Crippen LogP contribution in [0.2, 0.25) is 0 Å². The Bertz CT molecular complexity index is 101. The molecule has 0 aromatic carbocycles. The molecule has 0 saturated carbocycles. The molecule has 0 aromatic heterocycles. The molecule has 7 heteroatoms. The van der Waals surface area contributed by atoms with Gasteiger partial charge >= 0.3 is 0 Å². The van der Waals surface area contributed by atoms with Crippen LogP contribution in [-0.4, -0.2) is 22.1 Å². The van der Waals surface area contributed by atoms with E-state index in [1.54, 1.807) is 0 Å². The van der Waals surface area contributed by atoms with E-state index in [0.29, 0.717) is 0 Å². The summed E-state index contributed by atoms with van der Waals surface area (Å²) in [7, 11) is -5.03. The Morgan fingerprint density at radius 2 is 1.22 bits per heavy atom. The molecular weight excluding hydrogens is 215 g/mol. The predicted molar refractivity (Wildman–Crippen MR) is 32.2 cm³/mol. The van der Waals surface area contributed by atoms with Crippen molar-refractivity contribution >= 4 is 16.1 Å². The van der Waals surface area contributed by atoms with E-state index in [-0.39, 0.29) is 31.8 Å². The van der Waals surface area contributed by atoms with Crippen LogP contribution < -0.4 is 0 Å². The van der Waals surface area contributed by atoms with Gasteiger partial charge in [-0.15, -0.1) is 0 Å². The Hall–Kier alpha value is 1.00. The summed E-state index contributed by atoms with van der Waals surface area (Å²) in [5, 5.41) is 0. The third-order valence-electron chi connectivity index (χ3n) is 0.553. The van der Waals surface area contributed by atoms with Gasteiger partial charge in [-0.25, -0.2) is 0 Å². The molecule has 0 aliphatic heterocycles. The molecule has 0 saturated heterocycles. The van der Waals surface area contributed by atoms with Crippen LogP contribution in [0.4, 0.5) is 0 Å². The molecule has 2 N–H and O–H groups in total. The van der Waals surface area contributed by atoms with Crippen LogP contribution in [0.3, 0.4) is 0 Å². The zero-order valence-electron chi connectivity index (χ0n) is 4.83. The van der Waals surface area contributed by atoms with Gasteiger partial charge in [-0.3, -0.25) is 9.13 Å². The number of hydrogen-bond acceptors (Lipinski definition) is 2. The summed E-state index contributed by atoms with van der Waals surface area (Å²) in [5.74, 6) is 0. The molecule has 0 radical (unpaired) electrons. The van der Waals surface area contributed by atoms with Gasteiger partial charge in [0.25, 0.3) is 0 Å². The van der Waals surface area contributed by atoms with Crippen LogP contribution in [0.25, 0.3) is 0 Å². The second kappa shape index (κ2) is 7.11. The van der Waals surface area contributed by atoms with Crippen molar-refractivity contribution in [2.75, 3.05) is 12.3 Å². The molecular formula is C2H8O4P2Zn. The number of rotatable bonds is 3. The van der Waals surface area contributed by atoms with E-state index in [4.69, 9.17) is 9.79 Å². The Kier molecular flexibility index (Phi) is 10.0. The molecule has 0 spiro atoms. The standard InChI is InChI=1S/C2H8O4P2.Zn/c3-7(4)1-2-8(5)6;/h7-8H,1-2H2,(H,3,4)(H,5,6);. The van der Waals surface area contributed by atoms with Gasteiger partial charge in [-0.2, -0.15) is 0 Å². The minimum atomic E-state index is -2.51. The molecule has 52 valence electrons. The van der Waals surface area contributed by atoms with Gasteiger partial charge in [-0.05, 0) is 0 Å². The van der Waals surface area contributed by atoms with Gasteiger partial charge in [0.15, 0.2) is 16.1 Å². The van der Waals surface area contributed by atoms with E-state index in [1.807, 2.05) is 0 Å². The van der Waals surface area contributed by atoms with E-state index < -0.39 is 16.1 Å². The average molecular weight is 223 g/mol. The second-order valence-electron chi connectivity index (χ2n) is 1.29. The van der Waals surface area contributed by atoms with Crippen LogP contribution in [0.1, 0.15) is 0 Å². The molecule has 9 heavy (non-hydrogen) atoms. The minimum absolute atomic E-state index is 0. The molecule has 0 fully saturated rings. The van der Waals surface area contributed by atoms with Gasteiger partial charge < -0.3 is 9.79 Å². The van der Waals surface area contributed by atoms with Crippen LogP contribution in [-0.2, 0) is 28.6 Å². The quantitative estimate of drug-likeness (QED) is 0.518. The van der Waals surface area contributed by atoms with E-state index in [2.05, 4.69) is 0 Å². The van der Waals surface area contributed by atoms with Crippen molar-refractivity contribution in [1.29, 1.82) is 0 Å². The van der Waals surface area contributed by atoms with Crippen molar-refractivity contribution in [2.24, 2.45) is 0 Å². The van der Waals surface area contributed by atoms with Crippen LogP contribution in [0.5, 0.6) is 0 Å². The fraction of sp³-hybridized carbons (Fsp3) is 1.00.